The average molecular weight is 235 g/mol. The Balaban J connectivity index is 2.07. The maximum atomic E-state index is 5.68. The number of anilines is 2. The van der Waals surface area contributed by atoms with Gasteiger partial charge in [-0.25, -0.2) is 0 Å². The fraction of sp³-hybridized carbons (Fsp3) is 0.615. The monoisotopic (exact) mass is 235 g/mol. The summed E-state index contributed by atoms with van der Waals surface area (Å²) in [5, 5.41) is 3.29. The first-order valence-corrected chi connectivity index (χ1v) is 6.39. The van der Waals surface area contributed by atoms with E-state index in [1.807, 2.05) is 12.4 Å². The van der Waals surface area contributed by atoms with E-state index in [0.29, 0.717) is 6.10 Å². The molecule has 4 nitrogen and oxygen atoms in total. The Hall–Kier alpha value is -1.29. The number of nitrogens with one attached hydrogen (secondary N) is 1. The molecule has 0 bridgehead atoms. The van der Waals surface area contributed by atoms with Gasteiger partial charge in [0.1, 0.15) is 0 Å². The number of ether oxygens (including phenoxy) is 1. The molecule has 0 radical (unpaired) electrons. The van der Waals surface area contributed by atoms with Gasteiger partial charge in [-0.05, 0) is 19.4 Å². The molecule has 1 aliphatic rings. The van der Waals surface area contributed by atoms with Crippen molar-refractivity contribution in [2.75, 3.05) is 36.5 Å². The predicted octanol–water partition coefficient (Wildman–Crippen LogP) is 2.13. The van der Waals surface area contributed by atoms with Crippen molar-refractivity contribution >= 4 is 11.4 Å². The Bertz CT molecular complexity index is 356. The van der Waals surface area contributed by atoms with Gasteiger partial charge in [-0.2, -0.15) is 0 Å². The number of morpholine rings is 1. The van der Waals surface area contributed by atoms with Crippen LogP contribution in [0.4, 0.5) is 11.4 Å². The van der Waals surface area contributed by atoms with Crippen molar-refractivity contribution < 1.29 is 4.74 Å². The molecule has 2 heterocycles. The van der Waals surface area contributed by atoms with E-state index in [0.717, 1.165) is 38.3 Å². The molecule has 1 unspecified atom stereocenters. The summed E-state index contributed by atoms with van der Waals surface area (Å²) in [7, 11) is 0. The van der Waals surface area contributed by atoms with E-state index >= 15 is 0 Å². The Morgan fingerprint density at radius 3 is 3.12 bits per heavy atom. The Morgan fingerprint density at radius 2 is 2.35 bits per heavy atom. The Labute approximate surface area is 103 Å². The third-order valence-electron chi connectivity index (χ3n) is 3.06. The summed E-state index contributed by atoms with van der Waals surface area (Å²) in [6.45, 7) is 7.91. The second-order valence-electron chi connectivity index (χ2n) is 4.31. The fourth-order valence-electron chi connectivity index (χ4n) is 2.10. The molecule has 17 heavy (non-hydrogen) atoms. The maximum Gasteiger partial charge on any atom is 0.0748 e. The predicted molar refractivity (Wildman–Crippen MR) is 70.6 cm³/mol. The zero-order chi connectivity index (χ0) is 12.1. The molecule has 4 heteroatoms. The minimum atomic E-state index is 0.353. The van der Waals surface area contributed by atoms with Crippen molar-refractivity contribution in [2.45, 2.75) is 26.4 Å². The van der Waals surface area contributed by atoms with Gasteiger partial charge in [-0.1, -0.05) is 6.92 Å². The smallest absolute Gasteiger partial charge is 0.0748 e. The zero-order valence-electron chi connectivity index (χ0n) is 10.6. The molecule has 94 valence electrons. The lowest BCUT2D eigenvalue weighted by Gasteiger charge is -2.34. The number of hydrogen-bond acceptors (Lipinski definition) is 4. The van der Waals surface area contributed by atoms with Crippen LogP contribution in [0, 0.1) is 0 Å². The molecule has 1 fully saturated rings. The van der Waals surface area contributed by atoms with Gasteiger partial charge in [0, 0.05) is 19.6 Å². The summed E-state index contributed by atoms with van der Waals surface area (Å²) in [5.74, 6) is 0. The molecular formula is C13H21N3O. The summed E-state index contributed by atoms with van der Waals surface area (Å²) in [5.41, 5.74) is 2.27. The second-order valence-corrected chi connectivity index (χ2v) is 4.31. The minimum absolute atomic E-state index is 0.353. The van der Waals surface area contributed by atoms with Crippen molar-refractivity contribution in [3.05, 3.63) is 18.5 Å². The van der Waals surface area contributed by atoms with Gasteiger partial charge in [0.25, 0.3) is 0 Å². The van der Waals surface area contributed by atoms with E-state index in [2.05, 4.69) is 35.1 Å². The summed E-state index contributed by atoms with van der Waals surface area (Å²) >= 11 is 0. The fourth-order valence-corrected chi connectivity index (χ4v) is 2.10. The highest BCUT2D eigenvalue weighted by Gasteiger charge is 2.19. The highest BCUT2D eigenvalue weighted by atomic mass is 16.5. The van der Waals surface area contributed by atoms with Gasteiger partial charge in [0.2, 0.25) is 0 Å². The highest BCUT2D eigenvalue weighted by molar-refractivity contribution is 5.55. The van der Waals surface area contributed by atoms with Crippen LogP contribution in [0.5, 0.6) is 0 Å². The molecule has 0 amide bonds. The maximum absolute atomic E-state index is 5.68. The van der Waals surface area contributed by atoms with E-state index in [1.165, 1.54) is 5.69 Å². The first-order chi connectivity index (χ1) is 8.33. The van der Waals surface area contributed by atoms with Crippen LogP contribution < -0.4 is 10.2 Å². The molecule has 0 spiro atoms. The number of aromatic nitrogens is 1. The molecule has 2 rings (SSSR count). The first-order valence-electron chi connectivity index (χ1n) is 6.39. The molecule has 1 aliphatic heterocycles. The highest BCUT2D eigenvalue weighted by Crippen LogP contribution is 2.20. The van der Waals surface area contributed by atoms with E-state index in [9.17, 15) is 0 Å². The van der Waals surface area contributed by atoms with Gasteiger partial charge in [0.05, 0.1) is 36.5 Å². The third kappa shape index (κ3) is 3.09. The van der Waals surface area contributed by atoms with Crippen molar-refractivity contribution in [1.29, 1.82) is 0 Å². The number of nitrogens with zero attached hydrogens (tertiary/aromatic N) is 2. The summed E-state index contributed by atoms with van der Waals surface area (Å²) in [6.07, 6.45) is 5.21. The van der Waals surface area contributed by atoms with Crippen LogP contribution in [0.2, 0.25) is 0 Å². The molecule has 1 saturated heterocycles. The molecule has 1 aromatic heterocycles. The largest absolute Gasteiger partial charge is 0.384 e. The number of pyridine rings is 1. The molecule has 0 aromatic carbocycles. The van der Waals surface area contributed by atoms with Crippen LogP contribution in [-0.4, -0.2) is 37.3 Å². The van der Waals surface area contributed by atoms with E-state index in [1.54, 1.807) is 0 Å². The van der Waals surface area contributed by atoms with Crippen molar-refractivity contribution in [2.24, 2.45) is 0 Å². The summed E-state index contributed by atoms with van der Waals surface area (Å²) in [4.78, 5) is 6.64. The standard InChI is InChI=1S/C13H21N3O/c1-3-13-10-16(5-6-17-13)12-7-11(15-4-2)8-14-9-12/h7-9,13,15H,3-6,10H2,1-2H3. The Morgan fingerprint density at radius 1 is 1.47 bits per heavy atom. The minimum Gasteiger partial charge on any atom is -0.384 e. The topological polar surface area (TPSA) is 37.4 Å². The van der Waals surface area contributed by atoms with Crippen molar-refractivity contribution in [3.63, 3.8) is 0 Å². The van der Waals surface area contributed by atoms with E-state index < -0.39 is 0 Å². The average Bonchev–Trinajstić information content (AvgIpc) is 2.40. The van der Waals surface area contributed by atoms with Crippen LogP contribution in [0.1, 0.15) is 20.3 Å². The van der Waals surface area contributed by atoms with E-state index in [-0.39, 0.29) is 0 Å². The lowest BCUT2D eigenvalue weighted by molar-refractivity contribution is 0.0384. The Kier molecular flexibility index (Phi) is 4.20. The van der Waals surface area contributed by atoms with Gasteiger partial charge in [-0.3, -0.25) is 4.98 Å². The molecule has 1 aromatic rings. The molecular weight excluding hydrogens is 214 g/mol. The molecule has 0 aliphatic carbocycles. The number of hydrogen-bond donors (Lipinski definition) is 1. The summed E-state index contributed by atoms with van der Waals surface area (Å²) < 4.78 is 5.68. The second kappa shape index (κ2) is 5.87. The third-order valence-corrected chi connectivity index (χ3v) is 3.06. The molecule has 1 atom stereocenters. The van der Waals surface area contributed by atoms with Gasteiger partial charge in [0.15, 0.2) is 0 Å². The normalized spacial score (nSPS) is 20.4. The molecule has 0 saturated carbocycles. The molecule has 1 N–H and O–H groups in total. The van der Waals surface area contributed by atoms with Crippen LogP contribution >= 0.6 is 0 Å². The van der Waals surface area contributed by atoms with Crippen LogP contribution in [0.15, 0.2) is 18.5 Å². The van der Waals surface area contributed by atoms with E-state index in [4.69, 9.17) is 4.74 Å². The van der Waals surface area contributed by atoms with Crippen LogP contribution in [-0.2, 0) is 4.74 Å². The van der Waals surface area contributed by atoms with Crippen LogP contribution in [0.25, 0.3) is 0 Å². The van der Waals surface area contributed by atoms with Crippen molar-refractivity contribution in [1.82, 2.24) is 4.98 Å². The van der Waals surface area contributed by atoms with Crippen molar-refractivity contribution in [3.8, 4) is 0 Å². The van der Waals surface area contributed by atoms with Gasteiger partial charge in [-0.15, -0.1) is 0 Å². The van der Waals surface area contributed by atoms with Gasteiger partial charge < -0.3 is 15.0 Å². The first kappa shape index (κ1) is 12.2. The van der Waals surface area contributed by atoms with Gasteiger partial charge >= 0.3 is 0 Å². The van der Waals surface area contributed by atoms with Crippen LogP contribution in [0.3, 0.4) is 0 Å². The lowest BCUT2D eigenvalue weighted by Crippen LogP contribution is -2.42. The number of rotatable bonds is 4. The summed E-state index contributed by atoms with van der Waals surface area (Å²) in [6, 6.07) is 2.16. The lowest BCUT2D eigenvalue weighted by atomic mass is 10.2. The quantitative estimate of drug-likeness (QED) is 0.867. The SMILES string of the molecule is CCNc1cncc(N2CCOC(CC)C2)c1. The zero-order valence-corrected chi connectivity index (χ0v) is 10.6.